The van der Waals surface area contributed by atoms with Crippen LogP contribution in [0.1, 0.15) is 93.7 Å². The lowest BCUT2D eigenvalue weighted by atomic mass is 9.85. The van der Waals surface area contributed by atoms with Gasteiger partial charge in [0.05, 0.1) is 57.1 Å². The van der Waals surface area contributed by atoms with E-state index in [1.807, 2.05) is 77.7 Å². The van der Waals surface area contributed by atoms with E-state index in [0.29, 0.717) is 138 Å². The van der Waals surface area contributed by atoms with Crippen LogP contribution in [-0.4, -0.2) is 162 Å². The van der Waals surface area contributed by atoms with Crippen molar-refractivity contribution < 1.29 is 52.6 Å². The van der Waals surface area contributed by atoms with Crippen molar-refractivity contribution in [3.8, 4) is 27.4 Å². The molecule has 0 spiro atoms. The van der Waals surface area contributed by atoms with E-state index >= 15 is 18.8 Å². The summed E-state index contributed by atoms with van der Waals surface area (Å²) in [5, 5.41) is 28.9. The van der Waals surface area contributed by atoms with Gasteiger partial charge in [-0.05, 0) is 97.7 Å². The number of rotatable bonds is 14. The van der Waals surface area contributed by atoms with E-state index in [1.54, 1.807) is 43.7 Å². The Labute approximate surface area is 536 Å². The molecule has 0 radical (unpaired) electrons. The number of nitrogens with one attached hydrogen (secondary N) is 3. The summed E-state index contributed by atoms with van der Waals surface area (Å²) in [6.07, 6.45) is 5.94. The van der Waals surface area contributed by atoms with Gasteiger partial charge in [0.2, 0.25) is 29.5 Å². The number of amides is 7. The van der Waals surface area contributed by atoms with Gasteiger partial charge in [-0.2, -0.15) is 5.10 Å². The lowest BCUT2D eigenvalue weighted by Crippen LogP contribution is -2.66. The second-order valence-corrected chi connectivity index (χ2v) is 26.5. The monoisotopic (exact) mass is 1290 g/mol. The number of carbonyl (C=O) groups excluding carboxylic acids is 7. The molecule has 0 saturated carbocycles. The van der Waals surface area contributed by atoms with Crippen molar-refractivity contribution in [3.63, 3.8) is 0 Å². The Morgan fingerprint density at radius 3 is 2.35 bits per heavy atom. The number of benzene rings is 5. The van der Waals surface area contributed by atoms with Crippen molar-refractivity contribution in [2.75, 3.05) is 64.2 Å². The fraction of sp³-hybridized carbons (Fsp3) is 0.388. The number of anilines is 1. The first-order chi connectivity index (χ1) is 44.5. The number of aromatic nitrogens is 5. The fourth-order valence-corrected chi connectivity index (χ4v) is 16.2. The van der Waals surface area contributed by atoms with E-state index in [1.165, 1.54) is 17.4 Å². The van der Waals surface area contributed by atoms with Crippen LogP contribution in [0.4, 0.5) is 10.1 Å². The molecule has 0 aliphatic carbocycles. The molecule has 22 nitrogen and oxygen atoms in total. The number of carbonyl (C=O) groups is 8. The quantitative estimate of drug-likeness (QED) is 0.0757. The lowest BCUT2D eigenvalue weighted by Gasteiger charge is -2.44. The highest BCUT2D eigenvalue weighted by Crippen LogP contribution is 2.46. The summed E-state index contributed by atoms with van der Waals surface area (Å²) in [7, 11) is 0. The van der Waals surface area contributed by atoms with Crippen molar-refractivity contribution in [3.05, 3.63) is 125 Å². The van der Waals surface area contributed by atoms with Crippen LogP contribution in [0.15, 0.2) is 103 Å². The summed E-state index contributed by atoms with van der Waals surface area (Å²) in [6, 6.07) is 28.1. The van der Waals surface area contributed by atoms with Crippen molar-refractivity contribution in [1.82, 2.24) is 54.6 Å². The number of likely N-dealkylation sites (tertiary alicyclic amines) is 3. The zero-order valence-corrected chi connectivity index (χ0v) is 51.9. The number of hydrogen-bond donors (Lipinski definition) is 4. The maximum absolute atomic E-state index is 16.5. The molecule has 4 bridgehead atoms. The number of nitrogens with zero attached hydrogens (tertiary/aromatic N) is 9. The van der Waals surface area contributed by atoms with Crippen LogP contribution in [0, 0.1) is 11.7 Å². The molecule has 3 atom stereocenters. The number of carboxylic acids is 1. The van der Waals surface area contributed by atoms with Gasteiger partial charge >= 0.3 is 11.9 Å². The van der Waals surface area contributed by atoms with Gasteiger partial charge in [0, 0.05) is 92.8 Å². The summed E-state index contributed by atoms with van der Waals surface area (Å²) in [5.74, 6) is -4.45. The van der Waals surface area contributed by atoms with E-state index in [2.05, 4.69) is 16.0 Å². The lowest BCUT2D eigenvalue weighted by molar-refractivity contribution is -0.160. The number of hydrogen-bond acceptors (Lipinski definition) is 13. The summed E-state index contributed by atoms with van der Waals surface area (Å²) < 4.78 is 25.9. The molecular formula is C67H67ClFN12O10S+. The van der Waals surface area contributed by atoms with Crippen LogP contribution in [0.25, 0.3) is 53.7 Å². The van der Waals surface area contributed by atoms with Gasteiger partial charge in [-0.1, -0.05) is 64.9 Å². The average molecular weight is 1290 g/mol. The predicted octanol–water partition coefficient (Wildman–Crippen LogP) is 7.87. The number of halogens is 2. The Kier molecular flexibility index (Phi) is 16.1. The molecule has 474 valence electrons. The highest BCUT2D eigenvalue weighted by molar-refractivity contribution is 7.22. The van der Waals surface area contributed by atoms with E-state index in [-0.39, 0.29) is 96.8 Å². The van der Waals surface area contributed by atoms with Crippen LogP contribution in [-0.2, 0) is 44.9 Å². The highest BCUT2D eigenvalue weighted by atomic mass is 35.5. The zero-order chi connectivity index (χ0) is 63.6. The van der Waals surface area contributed by atoms with Crippen LogP contribution >= 0.6 is 22.9 Å². The normalized spacial score (nSPS) is 21.8. The first-order valence-electron chi connectivity index (χ1n) is 31.5. The fourth-order valence-electron chi connectivity index (χ4n) is 14.9. The molecule has 15 rings (SSSR count). The molecule has 4 fully saturated rings. The molecule has 7 aliphatic rings. The Morgan fingerprint density at radius 2 is 1.53 bits per heavy atom. The predicted molar refractivity (Wildman–Crippen MR) is 341 cm³/mol. The largest absolute Gasteiger partial charge is 0.480 e. The number of aliphatic carboxylic acids is 1. The van der Waals surface area contributed by atoms with Gasteiger partial charge < -0.3 is 40.5 Å². The molecule has 8 aromatic rings. The Morgan fingerprint density at radius 1 is 0.783 bits per heavy atom. The van der Waals surface area contributed by atoms with Crippen LogP contribution < -0.4 is 25.3 Å². The molecule has 25 heteroatoms. The summed E-state index contributed by atoms with van der Waals surface area (Å²) in [6.45, 7) is 0.874. The third kappa shape index (κ3) is 11.1. The highest BCUT2D eigenvalue weighted by Gasteiger charge is 2.53. The third-order valence-corrected chi connectivity index (χ3v) is 21.2. The smallest absolute Gasteiger partial charge is 0.339 e. The van der Waals surface area contributed by atoms with Gasteiger partial charge in [0.15, 0.2) is 5.60 Å². The van der Waals surface area contributed by atoms with Crippen molar-refractivity contribution in [2.24, 2.45) is 5.92 Å². The van der Waals surface area contributed by atoms with E-state index in [4.69, 9.17) is 36.6 Å². The minimum absolute atomic E-state index is 0.000983. The van der Waals surface area contributed by atoms with E-state index in [9.17, 15) is 24.0 Å². The minimum atomic E-state index is -1.50. The molecule has 4 N–H and O–H groups in total. The van der Waals surface area contributed by atoms with Gasteiger partial charge in [-0.3, -0.25) is 38.2 Å². The number of para-hydroxylation sites is 2. The molecule has 5 aromatic carbocycles. The standard InChI is InChI=1S/C67H66ClFN12O10S/c68-47-13-6-15-50-62(47)92-63(74-50)44-11-2-4-18-54(44)91-67(22-27-77(28-23-67)64(88)46-34-55(82)73-49-14-3-1-10-42(46)49)66(90)78-25-8-17-52(78)65(89)76-24-7-9-39(19-26-76)31-58(85)81-29-20-40(21-30-81)61-60-43(45-33-53-41(32-48(45)69)35-72-80(53)81)12-5-16-51(60)79(75-61)38-57(84)70-36-56(83)71-37-59(86)87/h1-6,10-16,18,32-33,35,39-40,46,52H,7-9,17,19-31,34,36-38H2,(H3-,70,71,73,82,83,84,86,87)/p+1/t39?,40?,46-,52?,81?/m0/s1. The maximum Gasteiger partial charge on any atom is 0.339 e. The van der Waals surface area contributed by atoms with E-state index in [0.717, 1.165) is 15.8 Å². The second kappa shape index (κ2) is 24.5. The van der Waals surface area contributed by atoms with E-state index < -0.39 is 54.3 Å². The number of thiazole rings is 1. The first kappa shape index (κ1) is 60.4. The van der Waals surface area contributed by atoms with Gasteiger partial charge in [0.1, 0.15) is 54.3 Å². The molecular weight excluding hydrogens is 1220 g/mol. The Hall–Kier alpha value is -9.13. The number of ether oxygens (including phenoxy) is 1. The number of quaternary nitrogens is 1. The second-order valence-electron chi connectivity index (χ2n) is 25.1. The molecule has 4 saturated heterocycles. The van der Waals surface area contributed by atoms with Gasteiger partial charge in [-0.15, -0.1) is 21.0 Å². The average Bonchev–Trinajstić information content (AvgIpc) is 1.56. The van der Waals surface area contributed by atoms with Gasteiger partial charge in [0.25, 0.3) is 5.91 Å². The number of piperidine rings is 2. The number of carboxylic acid groups (broad SMARTS) is 1. The van der Waals surface area contributed by atoms with Gasteiger partial charge in [-0.25, -0.2) is 14.2 Å². The van der Waals surface area contributed by atoms with Crippen LogP contribution in [0.2, 0.25) is 5.02 Å². The molecule has 10 heterocycles. The first-order valence-corrected chi connectivity index (χ1v) is 32.7. The maximum atomic E-state index is 16.5. The minimum Gasteiger partial charge on any atom is -0.480 e. The summed E-state index contributed by atoms with van der Waals surface area (Å²) >= 11 is 8.06. The summed E-state index contributed by atoms with van der Waals surface area (Å²) in [5.41, 5.74) is 3.93. The van der Waals surface area contributed by atoms with Crippen molar-refractivity contribution >= 4 is 108 Å². The summed E-state index contributed by atoms with van der Waals surface area (Å²) in [4.78, 5) is 122. The van der Waals surface area contributed by atoms with Crippen LogP contribution in [0.3, 0.4) is 0 Å². The zero-order valence-electron chi connectivity index (χ0n) is 50.3. The third-order valence-electron chi connectivity index (χ3n) is 19.6. The topological polar surface area (TPSA) is 260 Å². The molecule has 2 unspecified atom stereocenters. The van der Waals surface area contributed by atoms with Crippen molar-refractivity contribution in [2.45, 2.75) is 101 Å². The Bertz CT molecular complexity index is 4340. The Balaban J connectivity index is 0.691. The molecule has 3 aromatic heterocycles. The van der Waals surface area contributed by atoms with Crippen molar-refractivity contribution in [1.29, 1.82) is 0 Å². The SMILES string of the molecule is O=C(O)CNC(=O)CNC(=O)Cn1nc2c3c(cccc31)-c1cc3c(cnn3[N+]3(C(=O)CC4CCCN(C(=O)C5CCCN5C(=O)C5(Oc6ccccc6-c6nc7cccc(Cl)c7s6)CCN(C(=O)[C@H]6CC(=O)Nc7ccccc76)CC5)CC4)CCC2CC3)cc1F. The molecule has 7 amide bonds. The van der Waals surface area contributed by atoms with Crippen LogP contribution in [0.5, 0.6) is 5.75 Å². The molecule has 92 heavy (non-hydrogen) atoms. The number of fused-ring (bicyclic) bond motifs is 4. The molecule has 7 aliphatic heterocycles.